The number of ether oxygens (including phenoxy) is 2. The van der Waals surface area contributed by atoms with Crippen LogP contribution in [0.15, 0.2) is 30.3 Å². The van der Waals surface area contributed by atoms with Crippen molar-refractivity contribution in [1.82, 2.24) is 4.98 Å². The first-order chi connectivity index (χ1) is 10.7. The number of hydrogen-bond acceptors (Lipinski definition) is 4. The molecule has 2 aliphatic rings. The molecule has 0 unspecified atom stereocenters. The second-order valence-electron chi connectivity index (χ2n) is 6.69. The number of nitrogens with zero attached hydrogens (tertiary/aromatic N) is 2. The zero-order valence-corrected chi connectivity index (χ0v) is 13.2. The summed E-state index contributed by atoms with van der Waals surface area (Å²) in [5.74, 6) is 0.555. The molecule has 0 saturated carbocycles. The lowest BCUT2D eigenvalue weighted by atomic mass is 9.82. The summed E-state index contributed by atoms with van der Waals surface area (Å²) in [4.78, 5) is 7.16. The Labute approximate surface area is 131 Å². The molecule has 22 heavy (non-hydrogen) atoms. The average molecular weight is 298 g/mol. The molecule has 0 radical (unpaired) electrons. The highest BCUT2D eigenvalue weighted by atomic mass is 16.5. The van der Waals surface area contributed by atoms with Crippen LogP contribution >= 0.6 is 0 Å². The minimum Gasteiger partial charge on any atom is -0.384 e. The zero-order chi connectivity index (χ0) is 15.2. The number of rotatable bonds is 3. The molecular weight excluding hydrogens is 276 g/mol. The molecule has 1 aromatic heterocycles. The lowest BCUT2D eigenvalue weighted by Crippen LogP contribution is -2.35. The van der Waals surface area contributed by atoms with E-state index in [-0.39, 0.29) is 5.41 Å². The number of fused-ring (bicyclic) bond motifs is 2. The second kappa shape index (κ2) is 5.21. The highest BCUT2D eigenvalue weighted by Gasteiger charge is 2.51. The van der Waals surface area contributed by atoms with Crippen molar-refractivity contribution in [2.45, 2.75) is 6.92 Å². The van der Waals surface area contributed by atoms with Crippen LogP contribution in [0.25, 0.3) is 10.9 Å². The number of para-hydroxylation sites is 1. The molecular formula is C18H22N2O2. The van der Waals surface area contributed by atoms with Crippen molar-refractivity contribution in [2.75, 3.05) is 44.9 Å². The van der Waals surface area contributed by atoms with E-state index < -0.39 is 0 Å². The molecule has 1 aromatic carbocycles. The Kier molecular flexibility index (Phi) is 3.31. The minimum absolute atomic E-state index is 0.146. The van der Waals surface area contributed by atoms with Crippen LogP contribution in [-0.2, 0) is 9.47 Å². The van der Waals surface area contributed by atoms with Crippen molar-refractivity contribution < 1.29 is 9.47 Å². The predicted octanol–water partition coefficient (Wildman–Crippen LogP) is 2.64. The number of methoxy groups -OCH3 is 1. The third-order valence-electron chi connectivity index (χ3n) is 5.12. The molecule has 0 amide bonds. The highest BCUT2D eigenvalue weighted by molar-refractivity contribution is 5.92. The van der Waals surface area contributed by atoms with Gasteiger partial charge in [-0.05, 0) is 19.1 Å². The van der Waals surface area contributed by atoms with Crippen molar-refractivity contribution in [1.29, 1.82) is 0 Å². The molecule has 2 saturated heterocycles. The van der Waals surface area contributed by atoms with Crippen LogP contribution in [0.3, 0.4) is 0 Å². The van der Waals surface area contributed by atoms with Crippen molar-refractivity contribution >= 4 is 16.6 Å². The van der Waals surface area contributed by atoms with Gasteiger partial charge in [-0.1, -0.05) is 18.2 Å². The summed E-state index contributed by atoms with van der Waals surface area (Å²) < 4.78 is 11.3. The Bertz CT molecular complexity index is 703. The molecule has 2 atom stereocenters. The molecule has 4 heteroatoms. The molecule has 0 aliphatic carbocycles. The summed E-state index contributed by atoms with van der Waals surface area (Å²) in [6.07, 6.45) is 0. The number of hydrogen-bond donors (Lipinski definition) is 0. The van der Waals surface area contributed by atoms with Gasteiger partial charge in [-0.2, -0.15) is 0 Å². The molecule has 0 bridgehead atoms. The Morgan fingerprint density at radius 2 is 2.27 bits per heavy atom. The smallest absolute Gasteiger partial charge is 0.0726 e. The van der Waals surface area contributed by atoms with Gasteiger partial charge in [0.2, 0.25) is 0 Å². The van der Waals surface area contributed by atoms with Gasteiger partial charge in [0, 0.05) is 48.3 Å². The largest absolute Gasteiger partial charge is 0.384 e. The number of pyridine rings is 1. The van der Waals surface area contributed by atoms with E-state index in [1.165, 1.54) is 11.1 Å². The van der Waals surface area contributed by atoms with Crippen LogP contribution in [-0.4, -0.2) is 45.0 Å². The van der Waals surface area contributed by atoms with Gasteiger partial charge in [-0.3, -0.25) is 4.98 Å². The zero-order valence-electron chi connectivity index (χ0n) is 13.2. The summed E-state index contributed by atoms with van der Waals surface area (Å²) in [6, 6.07) is 10.6. The summed E-state index contributed by atoms with van der Waals surface area (Å²) in [5.41, 5.74) is 3.59. The summed E-state index contributed by atoms with van der Waals surface area (Å²) in [6.45, 7) is 6.54. The molecule has 2 aromatic rings. The third kappa shape index (κ3) is 2.09. The maximum absolute atomic E-state index is 5.74. The van der Waals surface area contributed by atoms with E-state index in [0.717, 1.165) is 44.1 Å². The Hall–Kier alpha value is -1.65. The van der Waals surface area contributed by atoms with E-state index in [4.69, 9.17) is 9.47 Å². The normalized spacial score (nSPS) is 27.5. The van der Waals surface area contributed by atoms with Gasteiger partial charge in [0.1, 0.15) is 0 Å². The first kappa shape index (κ1) is 14.0. The first-order valence-corrected chi connectivity index (χ1v) is 7.90. The van der Waals surface area contributed by atoms with Crippen molar-refractivity contribution in [3.63, 3.8) is 0 Å². The first-order valence-electron chi connectivity index (χ1n) is 7.90. The standard InChI is InChI=1S/C18H22N2O2/c1-13-7-17(15-5-3-4-6-16(15)19-13)20-8-14-9-22-12-18(14,10-20)11-21-2/h3-7,14H,8-12H2,1-2H3/t14-,18-/m0/s1. The van der Waals surface area contributed by atoms with E-state index in [1.807, 2.05) is 0 Å². The lowest BCUT2D eigenvalue weighted by molar-refractivity contribution is 0.0660. The van der Waals surface area contributed by atoms with E-state index in [1.54, 1.807) is 7.11 Å². The van der Waals surface area contributed by atoms with Crippen LogP contribution in [0, 0.1) is 18.3 Å². The van der Waals surface area contributed by atoms with Crippen molar-refractivity contribution in [2.24, 2.45) is 11.3 Å². The van der Waals surface area contributed by atoms with Crippen molar-refractivity contribution in [3.8, 4) is 0 Å². The summed E-state index contributed by atoms with van der Waals surface area (Å²) in [5, 5.41) is 1.24. The van der Waals surface area contributed by atoms with Crippen molar-refractivity contribution in [3.05, 3.63) is 36.0 Å². The van der Waals surface area contributed by atoms with E-state index in [9.17, 15) is 0 Å². The van der Waals surface area contributed by atoms with E-state index in [0.29, 0.717) is 5.92 Å². The summed E-state index contributed by atoms with van der Waals surface area (Å²) >= 11 is 0. The molecule has 116 valence electrons. The topological polar surface area (TPSA) is 34.6 Å². The Balaban J connectivity index is 1.75. The number of aryl methyl sites for hydroxylation is 1. The van der Waals surface area contributed by atoms with Crippen LogP contribution in [0.4, 0.5) is 5.69 Å². The lowest BCUT2D eigenvalue weighted by Gasteiger charge is -2.27. The maximum Gasteiger partial charge on any atom is 0.0726 e. The molecule has 3 heterocycles. The highest BCUT2D eigenvalue weighted by Crippen LogP contribution is 2.44. The van der Waals surface area contributed by atoms with Gasteiger partial charge in [-0.25, -0.2) is 0 Å². The quantitative estimate of drug-likeness (QED) is 0.872. The fourth-order valence-electron chi connectivity index (χ4n) is 4.05. The van der Waals surface area contributed by atoms with Gasteiger partial charge in [0.25, 0.3) is 0 Å². The van der Waals surface area contributed by atoms with Crippen LogP contribution in [0.5, 0.6) is 0 Å². The average Bonchev–Trinajstić information content (AvgIpc) is 3.03. The molecule has 2 fully saturated rings. The van der Waals surface area contributed by atoms with Crippen LogP contribution in [0.2, 0.25) is 0 Å². The second-order valence-corrected chi connectivity index (χ2v) is 6.69. The molecule has 2 aliphatic heterocycles. The monoisotopic (exact) mass is 298 g/mol. The fraction of sp³-hybridized carbons (Fsp3) is 0.500. The van der Waals surface area contributed by atoms with Crippen LogP contribution in [0.1, 0.15) is 5.69 Å². The minimum atomic E-state index is 0.146. The SMILES string of the molecule is COC[C@@]12COC[C@@H]1CN(c1cc(C)nc3ccccc13)C2. The van der Waals surface area contributed by atoms with Gasteiger partial charge < -0.3 is 14.4 Å². The van der Waals surface area contributed by atoms with E-state index in [2.05, 4.69) is 47.1 Å². The molecule has 0 spiro atoms. The van der Waals surface area contributed by atoms with E-state index >= 15 is 0 Å². The number of aromatic nitrogens is 1. The Morgan fingerprint density at radius 1 is 1.41 bits per heavy atom. The number of benzene rings is 1. The van der Waals surface area contributed by atoms with Gasteiger partial charge >= 0.3 is 0 Å². The van der Waals surface area contributed by atoms with Gasteiger partial charge in [0.15, 0.2) is 0 Å². The van der Waals surface area contributed by atoms with Crippen LogP contribution < -0.4 is 4.90 Å². The summed E-state index contributed by atoms with van der Waals surface area (Å²) in [7, 11) is 1.79. The maximum atomic E-state index is 5.74. The van der Waals surface area contributed by atoms with Gasteiger partial charge in [0.05, 0.1) is 25.3 Å². The molecule has 4 nitrogen and oxygen atoms in total. The fourth-order valence-corrected chi connectivity index (χ4v) is 4.05. The predicted molar refractivity (Wildman–Crippen MR) is 87.3 cm³/mol. The third-order valence-corrected chi connectivity index (χ3v) is 5.12. The molecule has 4 rings (SSSR count). The molecule has 0 N–H and O–H groups in total. The van der Waals surface area contributed by atoms with Gasteiger partial charge in [-0.15, -0.1) is 0 Å². The number of anilines is 1. The Morgan fingerprint density at radius 3 is 3.14 bits per heavy atom.